The van der Waals surface area contributed by atoms with E-state index in [0.29, 0.717) is 57.2 Å². The molecule has 160 valence electrons. The van der Waals surface area contributed by atoms with Gasteiger partial charge in [-0.05, 0) is 38.0 Å². The van der Waals surface area contributed by atoms with E-state index >= 15 is 0 Å². The van der Waals surface area contributed by atoms with Gasteiger partial charge in [0.15, 0.2) is 11.5 Å². The minimum Gasteiger partial charge on any atom is -0.486 e. The third kappa shape index (κ3) is 3.89. The van der Waals surface area contributed by atoms with E-state index in [2.05, 4.69) is 0 Å². The summed E-state index contributed by atoms with van der Waals surface area (Å²) in [5.74, 6) is 1.16. The molecular weight excluding hydrogens is 404 g/mol. The summed E-state index contributed by atoms with van der Waals surface area (Å²) in [6.07, 6.45) is 1.19. The zero-order valence-corrected chi connectivity index (χ0v) is 17.8. The molecule has 2 aliphatic heterocycles. The summed E-state index contributed by atoms with van der Waals surface area (Å²) < 4.78 is 39.0. The summed E-state index contributed by atoms with van der Waals surface area (Å²) in [6, 6.07) is 13.3. The van der Waals surface area contributed by atoms with Crippen molar-refractivity contribution in [2.75, 3.05) is 26.3 Å². The van der Waals surface area contributed by atoms with Crippen LogP contribution in [0.15, 0.2) is 53.4 Å². The second-order valence-electron chi connectivity index (χ2n) is 7.38. The Morgan fingerprint density at radius 2 is 1.87 bits per heavy atom. The number of benzene rings is 2. The smallest absolute Gasteiger partial charge is 0.243 e. The van der Waals surface area contributed by atoms with Crippen molar-refractivity contribution in [1.29, 1.82) is 0 Å². The summed E-state index contributed by atoms with van der Waals surface area (Å²) in [5, 5.41) is 0. The van der Waals surface area contributed by atoms with Gasteiger partial charge in [-0.1, -0.05) is 30.3 Å². The van der Waals surface area contributed by atoms with Crippen molar-refractivity contribution < 1.29 is 22.7 Å². The van der Waals surface area contributed by atoms with Crippen molar-refractivity contribution in [3.8, 4) is 11.5 Å². The zero-order valence-electron chi connectivity index (χ0n) is 17.0. The molecule has 1 unspecified atom stereocenters. The molecule has 2 aromatic rings. The number of sulfonamides is 1. The van der Waals surface area contributed by atoms with Crippen molar-refractivity contribution in [1.82, 2.24) is 9.21 Å². The SMILES string of the molecule is CCN(Cc1cccc2c1OCCO2)C(=O)C1CCCN1S(=O)(=O)c1ccccc1. The number of hydrogen-bond donors (Lipinski definition) is 0. The van der Waals surface area contributed by atoms with Crippen molar-refractivity contribution in [2.45, 2.75) is 37.2 Å². The normalized spacial score (nSPS) is 18.9. The topological polar surface area (TPSA) is 76.2 Å². The molecule has 7 nitrogen and oxygen atoms in total. The maximum atomic E-state index is 13.4. The second-order valence-corrected chi connectivity index (χ2v) is 9.27. The fourth-order valence-corrected chi connectivity index (χ4v) is 5.69. The first kappa shape index (κ1) is 20.7. The third-order valence-corrected chi connectivity index (χ3v) is 7.46. The molecule has 0 bridgehead atoms. The number of carbonyl (C=O) groups is 1. The Hall–Kier alpha value is -2.58. The van der Waals surface area contributed by atoms with Crippen LogP contribution >= 0.6 is 0 Å². The summed E-state index contributed by atoms with van der Waals surface area (Å²) in [7, 11) is -3.72. The largest absolute Gasteiger partial charge is 0.486 e. The lowest BCUT2D eigenvalue weighted by Gasteiger charge is -2.30. The highest BCUT2D eigenvalue weighted by atomic mass is 32.2. The Bertz CT molecular complexity index is 1010. The highest BCUT2D eigenvalue weighted by Gasteiger charge is 2.41. The molecule has 2 heterocycles. The number of rotatable bonds is 6. The third-order valence-electron chi connectivity index (χ3n) is 5.54. The van der Waals surface area contributed by atoms with E-state index in [1.807, 2.05) is 25.1 Å². The number of nitrogens with zero attached hydrogens (tertiary/aromatic N) is 2. The van der Waals surface area contributed by atoms with Gasteiger partial charge >= 0.3 is 0 Å². The number of carbonyl (C=O) groups excluding carboxylic acids is 1. The monoisotopic (exact) mass is 430 g/mol. The van der Waals surface area contributed by atoms with Gasteiger partial charge in [-0.25, -0.2) is 8.42 Å². The maximum Gasteiger partial charge on any atom is 0.243 e. The fourth-order valence-electron chi connectivity index (χ4n) is 4.02. The number of likely N-dealkylation sites (N-methyl/N-ethyl adjacent to an activating group) is 1. The van der Waals surface area contributed by atoms with Crippen LogP contribution in [0, 0.1) is 0 Å². The van der Waals surface area contributed by atoms with E-state index in [0.717, 1.165) is 5.56 Å². The summed E-state index contributed by atoms with van der Waals surface area (Å²) >= 11 is 0. The van der Waals surface area contributed by atoms with Crippen LogP contribution in [-0.2, 0) is 21.4 Å². The van der Waals surface area contributed by atoms with Crippen LogP contribution in [0.2, 0.25) is 0 Å². The minimum absolute atomic E-state index is 0.177. The Morgan fingerprint density at radius 1 is 1.10 bits per heavy atom. The van der Waals surface area contributed by atoms with Crippen LogP contribution in [0.25, 0.3) is 0 Å². The summed E-state index contributed by atoms with van der Waals surface area (Å²) in [6.45, 7) is 4.03. The van der Waals surface area contributed by atoms with Crippen LogP contribution in [0.4, 0.5) is 0 Å². The lowest BCUT2D eigenvalue weighted by molar-refractivity contribution is -0.135. The number of amides is 1. The first-order valence-corrected chi connectivity index (χ1v) is 11.7. The standard InChI is InChI=1S/C22H26N2O5S/c1-2-23(16-17-8-6-12-20-21(17)29-15-14-28-20)22(25)19-11-7-13-24(19)30(26,27)18-9-4-3-5-10-18/h3-6,8-10,12,19H,2,7,11,13-16H2,1H3. The van der Waals surface area contributed by atoms with Gasteiger partial charge in [0.25, 0.3) is 0 Å². The molecule has 1 atom stereocenters. The first-order valence-electron chi connectivity index (χ1n) is 10.3. The van der Waals surface area contributed by atoms with E-state index in [1.54, 1.807) is 35.2 Å². The van der Waals surface area contributed by atoms with Gasteiger partial charge in [0.1, 0.15) is 19.3 Å². The lowest BCUT2D eigenvalue weighted by Crippen LogP contribution is -2.47. The van der Waals surface area contributed by atoms with E-state index < -0.39 is 16.1 Å². The maximum absolute atomic E-state index is 13.4. The Labute approximate surface area is 177 Å². The molecule has 1 amide bonds. The Kier molecular flexibility index (Phi) is 5.97. The van der Waals surface area contributed by atoms with Gasteiger partial charge in [-0.2, -0.15) is 4.31 Å². The highest BCUT2D eigenvalue weighted by molar-refractivity contribution is 7.89. The molecule has 0 N–H and O–H groups in total. The first-order chi connectivity index (χ1) is 14.5. The molecule has 0 saturated carbocycles. The van der Waals surface area contributed by atoms with Gasteiger partial charge < -0.3 is 14.4 Å². The molecule has 0 aromatic heterocycles. The molecule has 1 fully saturated rings. The number of ether oxygens (including phenoxy) is 2. The van der Waals surface area contributed by atoms with Gasteiger partial charge in [-0.3, -0.25) is 4.79 Å². The summed E-state index contributed by atoms with van der Waals surface area (Å²) in [5.41, 5.74) is 0.859. The minimum atomic E-state index is -3.72. The fraction of sp³-hybridized carbons (Fsp3) is 0.409. The predicted octanol–water partition coefficient (Wildman–Crippen LogP) is 2.66. The van der Waals surface area contributed by atoms with Crippen molar-refractivity contribution >= 4 is 15.9 Å². The average molecular weight is 431 g/mol. The van der Waals surface area contributed by atoms with Crippen molar-refractivity contribution in [3.05, 3.63) is 54.1 Å². The molecule has 2 aromatic carbocycles. The zero-order chi connectivity index (χ0) is 21.1. The molecule has 8 heteroatoms. The molecular formula is C22H26N2O5S. The van der Waals surface area contributed by atoms with E-state index in [-0.39, 0.29) is 10.8 Å². The van der Waals surface area contributed by atoms with E-state index in [1.165, 1.54) is 4.31 Å². The molecule has 30 heavy (non-hydrogen) atoms. The second kappa shape index (κ2) is 8.65. The molecule has 2 aliphatic rings. The lowest BCUT2D eigenvalue weighted by atomic mass is 10.1. The van der Waals surface area contributed by atoms with E-state index in [9.17, 15) is 13.2 Å². The predicted molar refractivity (Wildman–Crippen MR) is 112 cm³/mol. The van der Waals surface area contributed by atoms with Crippen LogP contribution in [-0.4, -0.2) is 55.9 Å². The van der Waals surface area contributed by atoms with Crippen LogP contribution < -0.4 is 9.47 Å². The number of fused-ring (bicyclic) bond motifs is 1. The molecule has 0 spiro atoms. The van der Waals surface area contributed by atoms with Crippen LogP contribution in [0.3, 0.4) is 0 Å². The highest BCUT2D eigenvalue weighted by Crippen LogP contribution is 2.35. The van der Waals surface area contributed by atoms with E-state index in [4.69, 9.17) is 9.47 Å². The van der Waals surface area contributed by atoms with Gasteiger partial charge in [-0.15, -0.1) is 0 Å². The Balaban J connectivity index is 1.56. The molecule has 4 rings (SSSR count). The quantitative estimate of drug-likeness (QED) is 0.704. The Morgan fingerprint density at radius 3 is 2.63 bits per heavy atom. The number of para-hydroxylation sites is 1. The molecule has 0 radical (unpaired) electrons. The molecule has 1 saturated heterocycles. The summed E-state index contributed by atoms with van der Waals surface area (Å²) in [4.78, 5) is 15.3. The average Bonchev–Trinajstić information content (AvgIpc) is 3.28. The molecule has 0 aliphatic carbocycles. The van der Waals surface area contributed by atoms with Crippen LogP contribution in [0.5, 0.6) is 11.5 Å². The number of hydrogen-bond acceptors (Lipinski definition) is 5. The van der Waals surface area contributed by atoms with Crippen molar-refractivity contribution in [3.63, 3.8) is 0 Å². The van der Waals surface area contributed by atoms with Crippen molar-refractivity contribution in [2.24, 2.45) is 0 Å². The van der Waals surface area contributed by atoms with Crippen LogP contribution in [0.1, 0.15) is 25.3 Å². The van der Waals surface area contributed by atoms with Gasteiger partial charge in [0, 0.05) is 25.2 Å². The van der Waals surface area contributed by atoms with Gasteiger partial charge in [0.2, 0.25) is 15.9 Å². The van der Waals surface area contributed by atoms with Gasteiger partial charge in [0.05, 0.1) is 4.90 Å².